The SMILES string of the molecule is CC12CCC(C1)C(C)(C)C2Nc1ccccc1. The van der Waals surface area contributed by atoms with E-state index in [1.54, 1.807) is 0 Å². The van der Waals surface area contributed by atoms with E-state index in [1.165, 1.54) is 24.9 Å². The number of anilines is 1. The van der Waals surface area contributed by atoms with Gasteiger partial charge in [-0.25, -0.2) is 0 Å². The summed E-state index contributed by atoms with van der Waals surface area (Å²) in [5.74, 6) is 0.911. The molecule has 17 heavy (non-hydrogen) atoms. The molecule has 1 aromatic rings. The van der Waals surface area contributed by atoms with Crippen LogP contribution in [-0.2, 0) is 0 Å². The zero-order valence-corrected chi connectivity index (χ0v) is 11.2. The van der Waals surface area contributed by atoms with Gasteiger partial charge in [0.2, 0.25) is 0 Å². The first-order chi connectivity index (χ1) is 8.02. The second kappa shape index (κ2) is 3.51. The summed E-state index contributed by atoms with van der Waals surface area (Å²) >= 11 is 0. The van der Waals surface area contributed by atoms with Crippen LogP contribution in [-0.4, -0.2) is 6.04 Å². The predicted molar refractivity (Wildman–Crippen MR) is 73.1 cm³/mol. The lowest BCUT2D eigenvalue weighted by Gasteiger charge is -2.43. The van der Waals surface area contributed by atoms with Gasteiger partial charge in [-0.1, -0.05) is 39.0 Å². The first-order valence-electron chi connectivity index (χ1n) is 6.84. The molecule has 1 aromatic carbocycles. The van der Waals surface area contributed by atoms with Gasteiger partial charge in [0.15, 0.2) is 0 Å². The zero-order chi connectivity index (χ0) is 12.1. The molecule has 2 aliphatic rings. The Hall–Kier alpha value is -0.980. The van der Waals surface area contributed by atoms with E-state index >= 15 is 0 Å². The molecule has 2 bridgehead atoms. The van der Waals surface area contributed by atoms with E-state index < -0.39 is 0 Å². The monoisotopic (exact) mass is 229 g/mol. The molecule has 0 heterocycles. The Labute approximate surface area is 105 Å². The largest absolute Gasteiger partial charge is 0.381 e. The van der Waals surface area contributed by atoms with Crippen molar-refractivity contribution < 1.29 is 0 Å². The van der Waals surface area contributed by atoms with Crippen LogP contribution in [0.4, 0.5) is 5.69 Å². The summed E-state index contributed by atoms with van der Waals surface area (Å²) in [6, 6.07) is 11.3. The minimum absolute atomic E-state index is 0.433. The molecule has 3 atom stereocenters. The third kappa shape index (κ3) is 1.59. The van der Waals surface area contributed by atoms with Gasteiger partial charge < -0.3 is 5.32 Å². The highest BCUT2D eigenvalue weighted by Crippen LogP contribution is 2.63. The molecular weight excluding hydrogens is 206 g/mol. The average molecular weight is 229 g/mol. The Kier molecular flexibility index (Phi) is 2.30. The van der Waals surface area contributed by atoms with Gasteiger partial charge in [-0.15, -0.1) is 0 Å². The molecule has 1 N–H and O–H groups in total. The van der Waals surface area contributed by atoms with Gasteiger partial charge in [-0.3, -0.25) is 0 Å². The average Bonchev–Trinajstić information content (AvgIpc) is 2.77. The number of hydrogen-bond donors (Lipinski definition) is 1. The summed E-state index contributed by atoms with van der Waals surface area (Å²) in [5, 5.41) is 3.80. The van der Waals surface area contributed by atoms with E-state index in [0.29, 0.717) is 16.9 Å². The Morgan fingerprint density at radius 3 is 2.41 bits per heavy atom. The number of fused-ring (bicyclic) bond motifs is 2. The Bertz CT molecular complexity index is 404. The van der Waals surface area contributed by atoms with Crippen molar-refractivity contribution in [1.82, 2.24) is 0 Å². The highest BCUT2D eigenvalue weighted by molar-refractivity contribution is 5.45. The normalized spacial score (nSPS) is 38.3. The number of para-hydroxylation sites is 1. The maximum Gasteiger partial charge on any atom is 0.0368 e. The summed E-state index contributed by atoms with van der Waals surface area (Å²) < 4.78 is 0. The third-order valence-electron chi connectivity index (χ3n) is 5.35. The highest BCUT2D eigenvalue weighted by atomic mass is 15.0. The molecule has 2 aliphatic carbocycles. The molecule has 2 saturated carbocycles. The molecule has 0 saturated heterocycles. The van der Waals surface area contributed by atoms with E-state index in [-0.39, 0.29) is 0 Å². The second-order valence-corrected chi connectivity index (χ2v) is 6.86. The molecular formula is C16H23N. The van der Waals surface area contributed by atoms with Crippen LogP contribution in [0.25, 0.3) is 0 Å². The summed E-state index contributed by atoms with van der Waals surface area (Å²) in [5.41, 5.74) is 2.21. The zero-order valence-electron chi connectivity index (χ0n) is 11.2. The van der Waals surface area contributed by atoms with Crippen molar-refractivity contribution in [2.75, 3.05) is 5.32 Å². The number of rotatable bonds is 2. The minimum atomic E-state index is 0.433. The lowest BCUT2D eigenvalue weighted by molar-refractivity contribution is 0.155. The molecule has 0 amide bonds. The first kappa shape index (κ1) is 11.1. The van der Waals surface area contributed by atoms with Crippen molar-refractivity contribution in [3.05, 3.63) is 30.3 Å². The smallest absolute Gasteiger partial charge is 0.0368 e. The fraction of sp³-hybridized carbons (Fsp3) is 0.625. The third-order valence-corrected chi connectivity index (χ3v) is 5.35. The van der Waals surface area contributed by atoms with Gasteiger partial charge in [0.1, 0.15) is 0 Å². The summed E-state index contributed by atoms with van der Waals surface area (Å²) in [4.78, 5) is 0. The van der Waals surface area contributed by atoms with Crippen molar-refractivity contribution >= 4 is 5.69 Å². The Balaban J connectivity index is 1.88. The van der Waals surface area contributed by atoms with Crippen LogP contribution in [0.2, 0.25) is 0 Å². The Morgan fingerprint density at radius 1 is 1.12 bits per heavy atom. The molecule has 0 aromatic heterocycles. The molecule has 0 radical (unpaired) electrons. The van der Waals surface area contributed by atoms with E-state index in [9.17, 15) is 0 Å². The van der Waals surface area contributed by atoms with E-state index in [4.69, 9.17) is 0 Å². The molecule has 1 heteroatoms. The standard InChI is InChI=1S/C16H23N/c1-15(2)12-9-10-16(3,11-12)14(15)17-13-7-5-4-6-8-13/h4-8,12,14,17H,9-11H2,1-3H3. The number of nitrogens with one attached hydrogen (secondary N) is 1. The molecule has 1 nitrogen and oxygen atoms in total. The highest BCUT2D eigenvalue weighted by Gasteiger charge is 2.59. The van der Waals surface area contributed by atoms with Crippen molar-refractivity contribution in [1.29, 1.82) is 0 Å². The number of benzene rings is 1. The van der Waals surface area contributed by atoms with Gasteiger partial charge in [0.05, 0.1) is 0 Å². The summed E-state index contributed by atoms with van der Waals surface area (Å²) in [6.45, 7) is 7.37. The van der Waals surface area contributed by atoms with E-state index in [2.05, 4.69) is 56.4 Å². The first-order valence-corrected chi connectivity index (χ1v) is 6.84. The van der Waals surface area contributed by atoms with Gasteiger partial charge in [-0.05, 0) is 48.1 Å². The topological polar surface area (TPSA) is 12.0 Å². The maximum absolute atomic E-state index is 3.80. The summed E-state index contributed by atoms with van der Waals surface area (Å²) in [6.07, 6.45) is 4.23. The van der Waals surface area contributed by atoms with Crippen LogP contribution in [0.1, 0.15) is 40.0 Å². The van der Waals surface area contributed by atoms with Gasteiger partial charge in [0, 0.05) is 11.7 Å². The predicted octanol–water partition coefficient (Wildman–Crippen LogP) is 4.31. The van der Waals surface area contributed by atoms with Crippen molar-refractivity contribution in [3.8, 4) is 0 Å². The fourth-order valence-electron chi connectivity index (χ4n) is 4.36. The van der Waals surface area contributed by atoms with Gasteiger partial charge in [-0.2, -0.15) is 0 Å². The van der Waals surface area contributed by atoms with Crippen LogP contribution in [0.5, 0.6) is 0 Å². The van der Waals surface area contributed by atoms with Crippen LogP contribution in [0, 0.1) is 16.7 Å². The van der Waals surface area contributed by atoms with Crippen molar-refractivity contribution in [3.63, 3.8) is 0 Å². The second-order valence-electron chi connectivity index (χ2n) is 6.86. The van der Waals surface area contributed by atoms with Crippen LogP contribution >= 0.6 is 0 Å². The fourth-order valence-corrected chi connectivity index (χ4v) is 4.36. The lowest BCUT2D eigenvalue weighted by Crippen LogP contribution is -2.45. The number of hydrogen-bond acceptors (Lipinski definition) is 1. The van der Waals surface area contributed by atoms with Crippen molar-refractivity contribution in [2.24, 2.45) is 16.7 Å². The molecule has 0 aliphatic heterocycles. The minimum Gasteiger partial charge on any atom is -0.381 e. The molecule has 2 fully saturated rings. The molecule has 3 rings (SSSR count). The lowest BCUT2D eigenvalue weighted by atomic mass is 9.68. The molecule has 0 spiro atoms. The Morgan fingerprint density at radius 2 is 1.82 bits per heavy atom. The maximum atomic E-state index is 3.80. The van der Waals surface area contributed by atoms with E-state index in [1.807, 2.05) is 0 Å². The van der Waals surface area contributed by atoms with E-state index in [0.717, 1.165) is 5.92 Å². The van der Waals surface area contributed by atoms with Crippen molar-refractivity contribution in [2.45, 2.75) is 46.1 Å². The van der Waals surface area contributed by atoms with Crippen LogP contribution in [0.15, 0.2) is 30.3 Å². The van der Waals surface area contributed by atoms with Crippen LogP contribution < -0.4 is 5.32 Å². The van der Waals surface area contributed by atoms with Gasteiger partial charge >= 0.3 is 0 Å². The van der Waals surface area contributed by atoms with Gasteiger partial charge in [0.25, 0.3) is 0 Å². The summed E-state index contributed by atoms with van der Waals surface area (Å²) in [7, 11) is 0. The quantitative estimate of drug-likeness (QED) is 0.796. The molecule has 3 unspecified atom stereocenters. The van der Waals surface area contributed by atoms with Crippen LogP contribution in [0.3, 0.4) is 0 Å². The molecule has 92 valence electrons.